The third-order valence-electron chi connectivity index (χ3n) is 10.4. The first-order valence-electron chi connectivity index (χ1n) is 25.3. The van der Waals surface area contributed by atoms with Gasteiger partial charge in [0.1, 0.15) is 13.2 Å². The van der Waals surface area contributed by atoms with Gasteiger partial charge in [-0.1, -0.05) is 201 Å². The van der Waals surface area contributed by atoms with Gasteiger partial charge in [-0.2, -0.15) is 0 Å². The summed E-state index contributed by atoms with van der Waals surface area (Å²) in [5.74, 6) is -0.938. The molecule has 0 bridgehead atoms. The first kappa shape index (κ1) is 58.3. The minimum atomic E-state index is -0.794. The normalized spacial score (nSPS) is 12.9. The number of hydrogen-bond donors (Lipinski definition) is 0. The molecule has 0 saturated carbocycles. The molecular weight excluding hydrogens is 769 g/mol. The summed E-state index contributed by atoms with van der Waals surface area (Å²) < 4.78 is 16.7. The van der Waals surface area contributed by atoms with Gasteiger partial charge in [-0.25, -0.2) is 0 Å². The van der Waals surface area contributed by atoms with Gasteiger partial charge in [-0.3, -0.25) is 14.4 Å². The molecule has 0 saturated heterocycles. The van der Waals surface area contributed by atoms with Crippen molar-refractivity contribution >= 4 is 17.9 Å². The highest BCUT2D eigenvalue weighted by atomic mass is 16.6. The van der Waals surface area contributed by atoms with E-state index in [4.69, 9.17) is 14.2 Å². The largest absolute Gasteiger partial charge is 0.462 e. The molecule has 0 radical (unpaired) electrons. The SMILES string of the molecule is CC\C=C/C=C\C=C/CCCCCCCCCC(=O)OC(COC(=O)CCCCCC/C=C\CCCC)COC(=O)CCCCCCCC/C=C\C/C=C\C/C=C\C/C=C\CC. The van der Waals surface area contributed by atoms with Crippen molar-refractivity contribution in [3.8, 4) is 0 Å². The van der Waals surface area contributed by atoms with Crippen molar-refractivity contribution in [1.82, 2.24) is 0 Å². The number of ether oxygens (including phenoxy) is 3. The fraction of sp³-hybridized carbons (Fsp3) is 0.661. The van der Waals surface area contributed by atoms with Crippen LogP contribution in [0.15, 0.2) is 97.2 Å². The maximum atomic E-state index is 12.8. The van der Waals surface area contributed by atoms with Crippen LogP contribution in [0, 0.1) is 0 Å². The molecule has 0 aliphatic rings. The Hall–Kier alpha value is -3.67. The van der Waals surface area contributed by atoms with Gasteiger partial charge in [-0.05, 0) is 96.3 Å². The minimum absolute atomic E-state index is 0.0945. The van der Waals surface area contributed by atoms with Gasteiger partial charge >= 0.3 is 17.9 Å². The van der Waals surface area contributed by atoms with Gasteiger partial charge in [0, 0.05) is 19.3 Å². The maximum absolute atomic E-state index is 12.8. The van der Waals surface area contributed by atoms with Crippen molar-refractivity contribution in [2.75, 3.05) is 13.2 Å². The predicted molar refractivity (Wildman–Crippen MR) is 265 cm³/mol. The summed E-state index contributed by atoms with van der Waals surface area (Å²) in [7, 11) is 0. The second-order valence-electron chi connectivity index (χ2n) is 16.4. The first-order chi connectivity index (χ1) is 30.5. The molecule has 0 aromatic rings. The Morgan fingerprint density at radius 2 is 0.710 bits per heavy atom. The van der Waals surface area contributed by atoms with Crippen molar-refractivity contribution < 1.29 is 28.6 Å². The maximum Gasteiger partial charge on any atom is 0.306 e. The molecule has 62 heavy (non-hydrogen) atoms. The molecule has 6 nitrogen and oxygen atoms in total. The van der Waals surface area contributed by atoms with E-state index in [2.05, 4.69) is 118 Å². The number of unbranched alkanes of at least 4 members (excludes halogenated alkanes) is 19. The molecule has 0 rings (SSSR count). The molecule has 1 unspecified atom stereocenters. The lowest BCUT2D eigenvalue weighted by molar-refractivity contribution is -0.167. The van der Waals surface area contributed by atoms with Gasteiger partial charge in [-0.15, -0.1) is 0 Å². The van der Waals surface area contributed by atoms with Crippen LogP contribution in [0.3, 0.4) is 0 Å². The smallest absolute Gasteiger partial charge is 0.306 e. The van der Waals surface area contributed by atoms with Gasteiger partial charge in [0.25, 0.3) is 0 Å². The predicted octanol–water partition coefficient (Wildman–Crippen LogP) is 16.6. The van der Waals surface area contributed by atoms with E-state index >= 15 is 0 Å². The molecule has 0 N–H and O–H groups in total. The van der Waals surface area contributed by atoms with Crippen molar-refractivity contribution in [3.63, 3.8) is 0 Å². The molecule has 0 aromatic carbocycles. The standard InChI is InChI=1S/C56H92O6/c1-4-7-10-13-16-19-22-24-26-27-28-29-31-32-34-37-40-43-46-49-55(58)61-52-53(51-60-54(57)48-45-42-39-36-21-18-15-12-9-6-3)62-56(59)50-47-44-41-38-35-33-30-25-23-20-17-14-11-8-5-2/h7-8,10-11,14-20,23-24,26,28-29,53H,4-6,9,12-13,21-22,25,27,30-52H2,1-3H3/b10-7-,11-8-,17-14-,18-15-,19-16-,23-20-,26-24-,29-28-. The summed E-state index contributed by atoms with van der Waals surface area (Å²) in [6.45, 7) is 6.31. The molecular formula is C56H92O6. The Morgan fingerprint density at radius 3 is 1.18 bits per heavy atom. The van der Waals surface area contributed by atoms with Crippen LogP contribution in [-0.2, 0) is 28.6 Å². The van der Waals surface area contributed by atoms with Crippen LogP contribution in [-0.4, -0.2) is 37.2 Å². The van der Waals surface area contributed by atoms with Gasteiger partial charge in [0.05, 0.1) is 0 Å². The molecule has 0 heterocycles. The number of esters is 3. The average molecular weight is 861 g/mol. The quantitative estimate of drug-likeness (QED) is 0.0200. The van der Waals surface area contributed by atoms with Crippen LogP contribution in [0.25, 0.3) is 0 Å². The average Bonchev–Trinajstić information content (AvgIpc) is 3.27. The van der Waals surface area contributed by atoms with Crippen molar-refractivity contribution in [2.45, 2.75) is 226 Å². The van der Waals surface area contributed by atoms with Crippen molar-refractivity contribution in [2.24, 2.45) is 0 Å². The van der Waals surface area contributed by atoms with E-state index in [1.165, 1.54) is 44.9 Å². The lowest BCUT2D eigenvalue weighted by Gasteiger charge is -2.18. The van der Waals surface area contributed by atoms with Crippen LogP contribution in [0.5, 0.6) is 0 Å². The summed E-state index contributed by atoms with van der Waals surface area (Å²) in [6.07, 6.45) is 65.3. The number of hydrogen-bond acceptors (Lipinski definition) is 6. The summed E-state index contributed by atoms with van der Waals surface area (Å²) in [4.78, 5) is 37.9. The Kier molecular flexibility index (Phi) is 47.0. The van der Waals surface area contributed by atoms with E-state index in [0.29, 0.717) is 19.3 Å². The number of rotatable bonds is 44. The molecule has 0 aliphatic carbocycles. The Labute approximate surface area is 381 Å². The monoisotopic (exact) mass is 861 g/mol. The van der Waals surface area contributed by atoms with E-state index in [9.17, 15) is 14.4 Å². The third kappa shape index (κ3) is 47.4. The van der Waals surface area contributed by atoms with Gasteiger partial charge < -0.3 is 14.2 Å². The highest BCUT2D eigenvalue weighted by molar-refractivity contribution is 5.71. The Balaban J connectivity index is 4.40. The minimum Gasteiger partial charge on any atom is -0.462 e. The van der Waals surface area contributed by atoms with E-state index in [1.54, 1.807) is 0 Å². The topological polar surface area (TPSA) is 78.9 Å². The van der Waals surface area contributed by atoms with Crippen LogP contribution in [0.2, 0.25) is 0 Å². The molecule has 0 spiro atoms. The zero-order valence-corrected chi connectivity index (χ0v) is 40.1. The molecule has 1 atom stereocenters. The summed E-state index contributed by atoms with van der Waals surface area (Å²) in [5, 5.41) is 0. The van der Waals surface area contributed by atoms with Crippen LogP contribution < -0.4 is 0 Å². The van der Waals surface area contributed by atoms with E-state index in [1.807, 2.05) is 0 Å². The van der Waals surface area contributed by atoms with Crippen molar-refractivity contribution in [3.05, 3.63) is 97.2 Å². The number of allylic oxidation sites excluding steroid dienone is 16. The van der Waals surface area contributed by atoms with Gasteiger partial charge in [0.15, 0.2) is 6.10 Å². The second-order valence-corrected chi connectivity index (χ2v) is 16.4. The Morgan fingerprint density at radius 1 is 0.355 bits per heavy atom. The van der Waals surface area contributed by atoms with E-state index in [-0.39, 0.29) is 31.1 Å². The van der Waals surface area contributed by atoms with E-state index in [0.717, 1.165) is 135 Å². The third-order valence-corrected chi connectivity index (χ3v) is 10.4. The second kappa shape index (κ2) is 50.0. The fourth-order valence-corrected chi connectivity index (χ4v) is 6.59. The lowest BCUT2D eigenvalue weighted by Crippen LogP contribution is -2.30. The molecule has 0 aromatic heterocycles. The highest BCUT2D eigenvalue weighted by Gasteiger charge is 2.19. The summed E-state index contributed by atoms with van der Waals surface area (Å²) in [6, 6.07) is 0. The Bertz CT molecular complexity index is 1260. The van der Waals surface area contributed by atoms with Crippen molar-refractivity contribution in [1.29, 1.82) is 0 Å². The summed E-state index contributed by atoms with van der Waals surface area (Å²) >= 11 is 0. The van der Waals surface area contributed by atoms with Crippen LogP contribution in [0.1, 0.15) is 220 Å². The lowest BCUT2D eigenvalue weighted by atomic mass is 10.1. The number of carbonyl (C=O) groups is 3. The molecule has 352 valence electrons. The molecule has 0 aliphatic heterocycles. The zero-order chi connectivity index (χ0) is 45.1. The fourth-order valence-electron chi connectivity index (χ4n) is 6.59. The van der Waals surface area contributed by atoms with Crippen LogP contribution >= 0.6 is 0 Å². The first-order valence-corrected chi connectivity index (χ1v) is 25.3. The molecule has 0 amide bonds. The molecule has 0 fully saturated rings. The zero-order valence-electron chi connectivity index (χ0n) is 40.1. The number of carbonyl (C=O) groups excluding carboxylic acids is 3. The summed E-state index contributed by atoms with van der Waals surface area (Å²) in [5.41, 5.74) is 0. The van der Waals surface area contributed by atoms with Gasteiger partial charge in [0.2, 0.25) is 0 Å². The molecule has 6 heteroatoms. The van der Waals surface area contributed by atoms with Crippen LogP contribution in [0.4, 0.5) is 0 Å². The van der Waals surface area contributed by atoms with E-state index < -0.39 is 6.10 Å². The highest BCUT2D eigenvalue weighted by Crippen LogP contribution is 2.14.